The van der Waals surface area contributed by atoms with Gasteiger partial charge < -0.3 is 15.2 Å². The smallest absolute Gasteiger partial charge is 0.0945 e. The molecule has 0 saturated carbocycles. The van der Waals surface area contributed by atoms with E-state index in [0.717, 1.165) is 31.9 Å². The van der Waals surface area contributed by atoms with Crippen LogP contribution in [0.2, 0.25) is 0 Å². The van der Waals surface area contributed by atoms with Crippen LogP contribution < -0.4 is 10.6 Å². The maximum Gasteiger partial charge on any atom is 0.0945 e. The second-order valence-electron chi connectivity index (χ2n) is 5.83. The average Bonchev–Trinajstić information content (AvgIpc) is 3.09. The number of nitrogens with zero attached hydrogens (tertiary/aromatic N) is 3. The SMILES string of the molecule is Cc1ncccc1CNC[C@@H]1CNC[C@H]1c1cncn1C. The van der Waals surface area contributed by atoms with Gasteiger partial charge in [0.2, 0.25) is 0 Å². The van der Waals surface area contributed by atoms with E-state index in [1.807, 2.05) is 24.8 Å². The predicted octanol–water partition coefficient (Wildman–Crippen LogP) is 1.22. The number of imidazole rings is 1. The van der Waals surface area contributed by atoms with E-state index in [1.165, 1.54) is 11.3 Å². The monoisotopic (exact) mass is 285 g/mol. The largest absolute Gasteiger partial charge is 0.337 e. The fraction of sp³-hybridized carbons (Fsp3) is 0.500. The van der Waals surface area contributed by atoms with Crippen LogP contribution in [0, 0.1) is 12.8 Å². The van der Waals surface area contributed by atoms with Crippen molar-refractivity contribution in [3.8, 4) is 0 Å². The molecule has 5 heteroatoms. The summed E-state index contributed by atoms with van der Waals surface area (Å²) in [6.07, 6.45) is 5.73. The Labute approximate surface area is 125 Å². The van der Waals surface area contributed by atoms with Gasteiger partial charge in [-0.3, -0.25) is 4.98 Å². The maximum absolute atomic E-state index is 4.33. The minimum Gasteiger partial charge on any atom is -0.337 e. The van der Waals surface area contributed by atoms with Crippen LogP contribution in [-0.2, 0) is 13.6 Å². The Morgan fingerprint density at radius 1 is 1.43 bits per heavy atom. The molecule has 1 aliphatic heterocycles. The fourth-order valence-corrected chi connectivity index (χ4v) is 3.11. The third-order valence-electron chi connectivity index (χ3n) is 4.41. The molecule has 2 atom stereocenters. The number of hydrogen-bond acceptors (Lipinski definition) is 4. The molecule has 5 nitrogen and oxygen atoms in total. The van der Waals surface area contributed by atoms with Crippen LogP contribution in [0.15, 0.2) is 30.9 Å². The van der Waals surface area contributed by atoms with Gasteiger partial charge >= 0.3 is 0 Å². The molecule has 2 N–H and O–H groups in total. The molecule has 0 spiro atoms. The Bertz CT molecular complexity index is 592. The Morgan fingerprint density at radius 2 is 2.33 bits per heavy atom. The molecule has 3 heterocycles. The molecule has 112 valence electrons. The molecule has 2 aromatic rings. The van der Waals surface area contributed by atoms with Crippen LogP contribution in [0.25, 0.3) is 0 Å². The van der Waals surface area contributed by atoms with E-state index >= 15 is 0 Å². The average molecular weight is 285 g/mol. The maximum atomic E-state index is 4.33. The highest BCUT2D eigenvalue weighted by molar-refractivity contribution is 5.18. The van der Waals surface area contributed by atoms with Crippen LogP contribution in [0.5, 0.6) is 0 Å². The topological polar surface area (TPSA) is 54.8 Å². The molecule has 0 radical (unpaired) electrons. The number of aromatic nitrogens is 3. The normalized spacial score (nSPS) is 21.8. The Kier molecular flexibility index (Phi) is 4.31. The first-order valence-corrected chi connectivity index (χ1v) is 7.54. The van der Waals surface area contributed by atoms with Crippen LogP contribution in [-0.4, -0.2) is 34.2 Å². The van der Waals surface area contributed by atoms with Crippen LogP contribution >= 0.6 is 0 Å². The van der Waals surface area contributed by atoms with E-state index in [-0.39, 0.29) is 0 Å². The van der Waals surface area contributed by atoms with Gasteiger partial charge in [-0.1, -0.05) is 6.07 Å². The Morgan fingerprint density at radius 3 is 3.10 bits per heavy atom. The lowest BCUT2D eigenvalue weighted by atomic mass is 9.93. The van der Waals surface area contributed by atoms with Crippen molar-refractivity contribution in [3.63, 3.8) is 0 Å². The third-order valence-corrected chi connectivity index (χ3v) is 4.41. The van der Waals surface area contributed by atoms with E-state index in [1.54, 1.807) is 0 Å². The first kappa shape index (κ1) is 14.2. The number of nitrogens with one attached hydrogen (secondary N) is 2. The van der Waals surface area contributed by atoms with Gasteiger partial charge in [-0.25, -0.2) is 4.98 Å². The molecule has 0 aromatic carbocycles. The quantitative estimate of drug-likeness (QED) is 0.867. The fourth-order valence-electron chi connectivity index (χ4n) is 3.11. The summed E-state index contributed by atoms with van der Waals surface area (Å²) >= 11 is 0. The molecule has 1 fully saturated rings. The van der Waals surface area contributed by atoms with Gasteiger partial charge in [0, 0.05) is 56.4 Å². The van der Waals surface area contributed by atoms with E-state index in [9.17, 15) is 0 Å². The van der Waals surface area contributed by atoms with Crippen LogP contribution in [0.1, 0.15) is 22.9 Å². The molecule has 2 aromatic heterocycles. The Hall–Kier alpha value is -1.72. The van der Waals surface area contributed by atoms with E-state index in [0.29, 0.717) is 11.8 Å². The van der Waals surface area contributed by atoms with Gasteiger partial charge in [-0.15, -0.1) is 0 Å². The van der Waals surface area contributed by atoms with Crippen molar-refractivity contribution >= 4 is 0 Å². The number of pyridine rings is 1. The molecule has 0 bridgehead atoms. The van der Waals surface area contributed by atoms with Crippen molar-refractivity contribution in [2.24, 2.45) is 13.0 Å². The zero-order valence-corrected chi connectivity index (χ0v) is 12.7. The lowest BCUT2D eigenvalue weighted by Gasteiger charge is -2.19. The summed E-state index contributed by atoms with van der Waals surface area (Å²) in [6.45, 7) is 6.06. The standard InChI is InChI=1S/C16H23N5/c1-12-13(4-3-5-20-12)6-17-7-14-8-18-9-15(14)16-10-19-11-21(16)2/h3-5,10-11,14-15,17-18H,6-9H2,1-2H3/t14-,15-/m1/s1. The third kappa shape index (κ3) is 3.14. The van der Waals surface area contributed by atoms with Gasteiger partial charge in [0.05, 0.1) is 6.33 Å². The molecule has 0 amide bonds. The van der Waals surface area contributed by atoms with Gasteiger partial charge in [0.1, 0.15) is 0 Å². The highest BCUT2D eigenvalue weighted by atomic mass is 15.0. The summed E-state index contributed by atoms with van der Waals surface area (Å²) in [4.78, 5) is 8.58. The summed E-state index contributed by atoms with van der Waals surface area (Å²) in [6, 6.07) is 4.14. The van der Waals surface area contributed by atoms with Gasteiger partial charge in [-0.2, -0.15) is 0 Å². The van der Waals surface area contributed by atoms with Gasteiger partial charge in [-0.05, 0) is 31.0 Å². The van der Waals surface area contributed by atoms with Crippen molar-refractivity contribution in [2.75, 3.05) is 19.6 Å². The summed E-state index contributed by atoms with van der Waals surface area (Å²) in [5.41, 5.74) is 3.71. The first-order chi connectivity index (χ1) is 10.3. The number of rotatable bonds is 5. The van der Waals surface area contributed by atoms with E-state index < -0.39 is 0 Å². The summed E-state index contributed by atoms with van der Waals surface area (Å²) in [7, 11) is 2.07. The van der Waals surface area contributed by atoms with Crippen molar-refractivity contribution < 1.29 is 0 Å². The molecule has 0 aliphatic carbocycles. The first-order valence-electron chi connectivity index (χ1n) is 7.54. The molecule has 0 unspecified atom stereocenters. The summed E-state index contributed by atoms with van der Waals surface area (Å²) < 4.78 is 2.13. The van der Waals surface area contributed by atoms with E-state index in [4.69, 9.17) is 0 Å². The highest BCUT2D eigenvalue weighted by Gasteiger charge is 2.29. The van der Waals surface area contributed by atoms with Crippen LogP contribution in [0.3, 0.4) is 0 Å². The lowest BCUT2D eigenvalue weighted by Crippen LogP contribution is -2.27. The number of hydrogen-bond donors (Lipinski definition) is 2. The zero-order valence-electron chi connectivity index (χ0n) is 12.7. The van der Waals surface area contributed by atoms with Crippen molar-refractivity contribution in [1.82, 2.24) is 25.2 Å². The minimum atomic E-state index is 0.542. The molecule has 3 rings (SSSR count). The van der Waals surface area contributed by atoms with Crippen molar-refractivity contribution in [2.45, 2.75) is 19.4 Å². The van der Waals surface area contributed by atoms with Crippen molar-refractivity contribution in [1.29, 1.82) is 0 Å². The molecule has 1 aliphatic rings. The van der Waals surface area contributed by atoms with E-state index in [2.05, 4.69) is 45.2 Å². The number of aryl methyl sites for hydroxylation is 2. The summed E-state index contributed by atoms with van der Waals surface area (Å²) in [5.74, 6) is 1.15. The second-order valence-corrected chi connectivity index (χ2v) is 5.83. The summed E-state index contributed by atoms with van der Waals surface area (Å²) in [5, 5.41) is 7.09. The zero-order chi connectivity index (χ0) is 14.7. The molecular weight excluding hydrogens is 262 g/mol. The van der Waals surface area contributed by atoms with Crippen LogP contribution in [0.4, 0.5) is 0 Å². The lowest BCUT2D eigenvalue weighted by molar-refractivity contribution is 0.457. The molecular formula is C16H23N5. The minimum absolute atomic E-state index is 0.542. The Balaban J connectivity index is 1.58. The van der Waals surface area contributed by atoms with Gasteiger partial charge in [0.15, 0.2) is 0 Å². The molecule has 1 saturated heterocycles. The predicted molar refractivity (Wildman–Crippen MR) is 83.0 cm³/mol. The second kappa shape index (κ2) is 6.37. The van der Waals surface area contributed by atoms with Gasteiger partial charge in [0.25, 0.3) is 0 Å². The highest BCUT2D eigenvalue weighted by Crippen LogP contribution is 2.27. The molecule has 21 heavy (non-hydrogen) atoms. The van der Waals surface area contributed by atoms with Crippen molar-refractivity contribution in [3.05, 3.63) is 47.8 Å².